The summed E-state index contributed by atoms with van der Waals surface area (Å²) in [6.07, 6.45) is -3.72. The number of methoxy groups -OCH3 is 1. The van der Waals surface area contributed by atoms with Crippen molar-refractivity contribution in [1.29, 1.82) is 0 Å². The molecule has 11 heteroatoms. The van der Waals surface area contributed by atoms with Crippen molar-refractivity contribution < 1.29 is 43.9 Å². The lowest BCUT2D eigenvalue weighted by molar-refractivity contribution is -0.226. The van der Waals surface area contributed by atoms with Crippen molar-refractivity contribution in [2.75, 3.05) is 13.7 Å². The predicted molar refractivity (Wildman–Crippen MR) is 116 cm³/mol. The van der Waals surface area contributed by atoms with Gasteiger partial charge >= 0.3 is 12.1 Å². The summed E-state index contributed by atoms with van der Waals surface area (Å²) in [5, 5.41) is 33.5. The van der Waals surface area contributed by atoms with Gasteiger partial charge < -0.3 is 39.7 Å². The number of aliphatic hydroxyl groups is 3. The Kier molecular flexibility index (Phi) is 6.17. The molecule has 0 aromatic heterocycles. The molecule has 6 atom stereocenters. The Hall–Kier alpha value is -3.31. The first-order valence-electron chi connectivity index (χ1n) is 10.9. The average Bonchev–Trinajstić information content (AvgIpc) is 2.78. The lowest BCUT2D eigenvalue weighted by atomic mass is 9.65. The fourth-order valence-corrected chi connectivity index (χ4v) is 4.92. The van der Waals surface area contributed by atoms with E-state index in [2.05, 4.69) is 5.32 Å². The van der Waals surface area contributed by atoms with Crippen LogP contribution in [0, 0.1) is 5.92 Å². The molecule has 4 rings (SSSR count). The number of aliphatic hydroxyl groups excluding tert-OH is 3. The number of amides is 2. The maximum atomic E-state index is 13.1. The molecule has 4 N–H and O–H groups in total. The van der Waals surface area contributed by atoms with E-state index in [4.69, 9.17) is 14.2 Å². The molecule has 184 valence electrons. The zero-order valence-corrected chi connectivity index (χ0v) is 19.1. The summed E-state index contributed by atoms with van der Waals surface area (Å²) in [5.74, 6) is -1.95. The molecule has 3 aliphatic rings. The third kappa shape index (κ3) is 4.05. The van der Waals surface area contributed by atoms with Crippen molar-refractivity contribution in [1.82, 2.24) is 10.2 Å². The molecule has 34 heavy (non-hydrogen) atoms. The van der Waals surface area contributed by atoms with Gasteiger partial charge in [-0.25, -0.2) is 9.59 Å². The number of carbonyl (C=O) groups excluding carboxylic acids is 3. The standard InChI is InChI=1S/C23H28N2O9/c1-11(24-22(31)33-9-12-4-6-13(32-3)7-5-12)20(29)25-10-23(2)19(25)17-16(21(30)34-23)14(26)8-15(27)18(17)28/h4-7,11,15,17-19,26-28H,8-10H2,1-3H3,(H,24,31)/t11?,15-,17+,18+,19-,23-/m1/s1. The zero-order valence-electron chi connectivity index (χ0n) is 19.1. The molecule has 11 nitrogen and oxygen atoms in total. The highest BCUT2D eigenvalue weighted by atomic mass is 16.6. The van der Waals surface area contributed by atoms with Crippen LogP contribution in [0.3, 0.4) is 0 Å². The van der Waals surface area contributed by atoms with Gasteiger partial charge in [-0.1, -0.05) is 12.1 Å². The monoisotopic (exact) mass is 476 g/mol. The minimum atomic E-state index is -1.36. The van der Waals surface area contributed by atoms with Crippen molar-refractivity contribution in [3.8, 4) is 5.75 Å². The Bertz CT molecular complexity index is 1020. The van der Waals surface area contributed by atoms with Crippen molar-refractivity contribution >= 4 is 18.0 Å². The van der Waals surface area contributed by atoms with Crippen LogP contribution < -0.4 is 10.1 Å². The van der Waals surface area contributed by atoms with E-state index in [1.54, 1.807) is 38.3 Å². The topological polar surface area (TPSA) is 155 Å². The number of likely N-dealkylation sites (tertiary alicyclic amines) is 1. The van der Waals surface area contributed by atoms with E-state index in [0.29, 0.717) is 5.75 Å². The Morgan fingerprint density at radius 1 is 1.29 bits per heavy atom. The third-order valence-electron chi connectivity index (χ3n) is 6.66. The van der Waals surface area contributed by atoms with E-state index in [0.717, 1.165) is 5.56 Å². The average molecular weight is 476 g/mol. The van der Waals surface area contributed by atoms with E-state index in [1.807, 2.05) is 0 Å². The molecule has 2 saturated heterocycles. The SMILES string of the molecule is COc1ccc(COC(=O)NC(C)C(=O)N2C[C@@]3(C)OC(=O)C4=C(O)C[C@@H](O)[C@H](O)[C@H]4[C@@H]23)cc1. The lowest BCUT2D eigenvalue weighted by Crippen LogP contribution is -2.79. The van der Waals surface area contributed by atoms with Crippen LogP contribution in [0.2, 0.25) is 0 Å². The first-order valence-corrected chi connectivity index (χ1v) is 10.9. The fourth-order valence-electron chi connectivity index (χ4n) is 4.92. The predicted octanol–water partition coefficient (Wildman–Crippen LogP) is 0.390. The molecule has 2 amide bonds. The number of fused-ring (bicyclic) bond motifs is 3. The minimum absolute atomic E-state index is 0.00329. The number of nitrogens with one attached hydrogen (secondary N) is 1. The highest BCUT2D eigenvalue weighted by Gasteiger charge is 2.65. The van der Waals surface area contributed by atoms with E-state index >= 15 is 0 Å². The molecule has 1 aromatic rings. The molecule has 2 heterocycles. The summed E-state index contributed by atoms with van der Waals surface area (Å²) >= 11 is 0. The largest absolute Gasteiger partial charge is 0.512 e. The van der Waals surface area contributed by atoms with Gasteiger partial charge in [0, 0.05) is 12.3 Å². The van der Waals surface area contributed by atoms with E-state index in [9.17, 15) is 29.7 Å². The van der Waals surface area contributed by atoms with E-state index in [1.165, 1.54) is 11.8 Å². The lowest BCUT2D eigenvalue weighted by Gasteiger charge is -2.61. The molecule has 2 fully saturated rings. The van der Waals surface area contributed by atoms with Crippen molar-refractivity contribution in [3.05, 3.63) is 41.2 Å². The summed E-state index contributed by atoms with van der Waals surface area (Å²) in [6.45, 7) is 3.16. The number of hydrogen-bond donors (Lipinski definition) is 4. The Morgan fingerprint density at radius 3 is 2.62 bits per heavy atom. The second-order valence-corrected chi connectivity index (χ2v) is 9.05. The number of benzene rings is 1. The second kappa shape index (κ2) is 8.80. The minimum Gasteiger partial charge on any atom is -0.512 e. The number of nitrogens with zero attached hydrogens (tertiary/aromatic N) is 1. The van der Waals surface area contributed by atoms with Crippen LogP contribution in [0.25, 0.3) is 0 Å². The van der Waals surface area contributed by atoms with Gasteiger partial charge in [-0.3, -0.25) is 4.79 Å². The molecular weight excluding hydrogens is 448 g/mol. The van der Waals surface area contributed by atoms with Gasteiger partial charge in [0.05, 0.1) is 37.5 Å². The smallest absolute Gasteiger partial charge is 0.408 e. The maximum Gasteiger partial charge on any atom is 0.408 e. The normalized spacial score (nSPS) is 30.9. The third-order valence-corrected chi connectivity index (χ3v) is 6.66. The highest BCUT2D eigenvalue weighted by molar-refractivity contribution is 5.93. The van der Waals surface area contributed by atoms with E-state index in [-0.39, 0.29) is 30.9 Å². The first-order chi connectivity index (χ1) is 16.1. The summed E-state index contributed by atoms with van der Waals surface area (Å²) in [6, 6.07) is 5.18. The summed E-state index contributed by atoms with van der Waals surface area (Å²) in [5.41, 5.74) is -0.480. The van der Waals surface area contributed by atoms with Crippen molar-refractivity contribution in [3.63, 3.8) is 0 Å². The number of ether oxygens (including phenoxy) is 3. The summed E-state index contributed by atoms with van der Waals surface area (Å²) in [4.78, 5) is 39.2. The van der Waals surface area contributed by atoms with Crippen LogP contribution in [-0.4, -0.2) is 81.7 Å². The molecule has 2 aliphatic heterocycles. The quantitative estimate of drug-likeness (QED) is 0.442. The molecule has 1 unspecified atom stereocenters. The van der Waals surface area contributed by atoms with Crippen molar-refractivity contribution in [2.45, 2.75) is 56.8 Å². The summed E-state index contributed by atoms with van der Waals surface area (Å²) < 4.78 is 15.7. The fraction of sp³-hybridized carbons (Fsp3) is 0.522. The molecule has 0 radical (unpaired) electrons. The number of hydrogen-bond acceptors (Lipinski definition) is 9. The number of esters is 1. The van der Waals surface area contributed by atoms with Gasteiger partial charge in [0.2, 0.25) is 5.91 Å². The molecule has 1 aliphatic carbocycles. The number of carbonyl (C=O) groups is 3. The van der Waals surface area contributed by atoms with Gasteiger partial charge in [-0.15, -0.1) is 0 Å². The Morgan fingerprint density at radius 2 is 1.97 bits per heavy atom. The van der Waals surface area contributed by atoms with Gasteiger partial charge in [-0.2, -0.15) is 0 Å². The molecule has 0 spiro atoms. The van der Waals surface area contributed by atoms with Crippen LogP contribution in [0.1, 0.15) is 25.8 Å². The van der Waals surface area contributed by atoms with E-state index < -0.39 is 53.8 Å². The van der Waals surface area contributed by atoms with Gasteiger partial charge in [0.1, 0.15) is 29.8 Å². The molecule has 1 aromatic carbocycles. The van der Waals surface area contributed by atoms with Crippen LogP contribution in [0.4, 0.5) is 4.79 Å². The van der Waals surface area contributed by atoms with Crippen LogP contribution >= 0.6 is 0 Å². The Labute approximate surface area is 195 Å². The van der Waals surface area contributed by atoms with Gasteiger partial charge in [-0.05, 0) is 31.5 Å². The number of rotatable bonds is 5. The van der Waals surface area contributed by atoms with Crippen molar-refractivity contribution in [2.24, 2.45) is 5.92 Å². The zero-order chi connectivity index (χ0) is 24.8. The van der Waals surface area contributed by atoms with Gasteiger partial charge in [0.25, 0.3) is 0 Å². The maximum absolute atomic E-state index is 13.1. The molecule has 0 saturated carbocycles. The number of alkyl carbamates (subject to hydrolysis) is 1. The Balaban J connectivity index is 1.41. The molecular formula is C23H28N2O9. The van der Waals surface area contributed by atoms with Gasteiger partial charge in [0.15, 0.2) is 0 Å². The second-order valence-electron chi connectivity index (χ2n) is 9.05. The van der Waals surface area contributed by atoms with Crippen LogP contribution in [0.5, 0.6) is 5.75 Å². The van der Waals surface area contributed by atoms with Crippen LogP contribution in [-0.2, 0) is 25.7 Å². The first kappa shape index (κ1) is 23.8. The molecule has 0 bridgehead atoms. The van der Waals surface area contributed by atoms with Crippen LogP contribution in [0.15, 0.2) is 35.6 Å². The highest BCUT2D eigenvalue weighted by Crippen LogP contribution is 2.49. The summed E-state index contributed by atoms with van der Waals surface area (Å²) in [7, 11) is 1.55.